The summed E-state index contributed by atoms with van der Waals surface area (Å²) in [6, 6.07) is 9.44. The van der Waals surface area contributed by atoms with Crippen molar-refractivity contribution in [2.24, 2.45) is 0 Å². The molecule has 0 bridgehead atoms. The fourth-order valence-electron chi connectivity index (χ4n) is 3.11. The van der Waals surface area contributed by atoms with Crippen molar-refractivity contribution in [2.75, 3.05) is 7.11 Å². The Hall–Kier alpha value is -2.95. The molecule has 1 aliphatic heterocycles. The van der Waals surface area contributed by atoms with Crippen molar-refractivity contribution in [1.82, 2.24) is 0 Å². The summed E-state index contributed by atoms with van der Waals surface area (Å²) in [5.74, 6) is -0.700. The first-order valence-corrected chi connectivity index (χ1v) is 8.47. The maximum atomic E-state index is 12.8. The lowest BCUT2D eigenvalue weighted by atomic mass is 9.91. The third-order valence-corrected chi connectivity index (χ3v) is 4.45. The molecule has 1 atom stereocenters. The molecule has 2 N–H and O–H groups in total. The van der Waals surface area contributed by atoms with E-state index >= 15 is 0 Å². The molecule has 5 heteroatoms. The molecule has 2 aromatic carbocycles. The van der Waals surface area contributed by atoms with E-state index in [0.29, 0.717) is 12.0 Å². The van der Waals surface area contributed by atoms with E-state index in [2.05, 4.69) is 0 Å². The molecule has 2 aromatic rings. The molecule has 0 amide bonds. The van der Waals surface area contributed by atoms with Crippen LogP contribution in [0.1, 0.15) is 47.9 Å². The van der Waals surface area contributed by atoms with Gasteiger partial charge in [0, 0.05) is 5.56 Å². The number of hydrogen-bond donors (Lipinski definition) is 2. The number of phenols is 2. The number of ether oxygens (including phenoxy) is 2. The number of rotatable bonds is 4. The smallest absolute Gasteiger partial charge is 0.204 e. The molecule has 0 aromatic heterocycles. The molecule has 5 nitrogen and oxygen atoms in total. The quantitative estimate of drug-likeness (QED) is 0.800. The van der Waals surface area contributed by atoms with Crippen LogP contribution in [0.3, 0.4) is 0 Å². The van der Waals surface area contributed by atoms with Gasteiger partial charge in [0.05, 0.1) is 13.5 Å². The van der Waals surface area contributed by atoms with Crippen LogP contribution in [0.4, 0.5) is 0 Å². The largest absolute Gasteiger partial charge is 0.504 e. The number of hydrogen-bond acceptors (Lipinski definition) is 5. The van der Waals surface area contributed by atoms with Crippen LogP contribution in [-0.2, 0) is 6.42 Å². The summed E-state index contributed by atoms with van der Waals surface area (Å²) in [7, 11) is 1.34. The third-order valence-electron chi connectivity index (χ3n) is 4.45. The van der Waals surface area contributed by atoms with Crippen LogP contribution >= 0.6 is 0 Å². The zero-order valence-corrected chi connectivity index (χ0v) is 15.1. The van der Waals surface area contributed by atoms with Crippen molar-refractivity contribution in [3.8, 4) is 23.0 Å². The van der Waals surface area contributed by atoms with Crippen LogP contribution in [0.2, 0.25) is 0 Å². The number of carbonyl (C=O) groups is 1. The predicted molar refractivity (Wildman–Crippen MR) is 98.2 cm³/mol. The van der Waals surface area contributed by atoms with Crippen LogP contribution in [0.15, 0.2) is 42.0 Å². The maximum Gasteiger partial charge on any atom is 0.204 e. The van der Waals surface area contributed by atoms with Gasteiger partial charge in [-0.1, -0.05) is 42.0 Å². The minimum atomic E-state index is -0.464. The Balaban J connectivity index is 2.16. The first-order valence-electron chi connectivity index (χ1n) is 8.47. The summed E-state index contributed by atoms with van der Waals surface area (Å²) in [5, 5.41) is 21.0. The fourth-order valence-corrected chi connectivity index (χ4v) is 3.11. The van der Waals surface area contributed by atoms with E-state index in [9.17, 15) is 15.0 Å². The number of allylic oxidation sites excluding steroid dienone is 2. The van der Waals surface area contributed by atoms with Gasteiger partial charge in [-0.05, 0) is 25.8 Å². The summed E-state index contributed by atoms with van der Waals surface area (Å²) in [4.78, 5) is 12.8. The molecule has 3 rings (SSSR count). The van der Waals surface area contributed by atoms with Gasteiger partial charge in [-0.15, -0.1) is 0 Å². The van der Waals surface area contributed by atoms with Gasteiger partial charge in [0.25, 0.3) is 0 Å². The number of Topliss-reactive ketones (excluding diaryl/α,β-unsaturated/α-hetero) is 1. The summed E-state index contributed by atoms with van der Waals surface area (Å²) in [6.07, 6.45) is 1.93. The Morgan fingerprint density at radius 2 is 1.92 bits per heavy atom. The van der Waals surface area contributed by atoms with E-state index in [0.717, 1.165) is 11.1 Å². The SMILES string of the molecule is COc1c(O)c(CC=C(C)C)c2c(c1O)C(=O)C[C@@H](c1ccccc1)O2. The third kappa shape index (κ3) is 3.12. The number of methoxy groups -OCH3 is 1. The van der Waals surface area contributed by atoms with Crippen LogP contribution in [-0.4, -0.2) is 23.1 Å². The Morgan fingerprint density at radius 1 is 1.23 bits per heavy atom. The Bertz CT molecular complexity index is 864. The highest BCUT2D eigenvalue weighted by Gasteiger charge is 2.36. The van der Waals surface area contributed by atoms with Gasteiger partial charge in [0.15, 0.2) is 17.3 Å². The second-order valence-corrected chi connectivity index (χ2v) is 6.54. The first kappa shape index (κ1) is 17.9. The second-order valence-electron chi connectivity index (χ2n) is 6.54. The first-order chi connectivity index (χ1) is 12.4. The summed E-state index contributed by atoms with van der Waals surface area (Å²) >= 11 is 0. The maximum absolute atomic E-state index is 12.8. The minimum absolute atomic E-state index is 0.0731. The van der Waals surface area contributed by atoms with Crippen LogP contribution in [0, 0.1) is 0 Å². The van der Waals surface area contributed by atoms with Gasteiger partial charge in [-0.25, -0.2) is 0 Å². The van der Waals surface area contributed by atoms with Crippen molar-refractivity contribution < 1.29 is 24.5 Å². The molecule has 26 heavy (non-hydrogen) atoms. The lowest BCUT2D eigenvalue weighted by Crippen LogP contribution is -2.22. The lowest BCUT2D eigenvalue weighted by Gasteiger charge is -2.29. The molecular formula is C21H22O5. The molecule has 0 fully saturated rings. The summed E-state index contributed by atoms with van der Waals surface area (Å²) < 4.78 is 11.2. The van der Waals surface area contributed by atoms with E-state index in [-0.39, 0.29) is 40.8 Å². The molecule has 0 spiro atoms. The van der Waals surface area contributed by atoms with Crippen LogP contribution in [0.25, 0.3) is 0 Å². The lowest BCUT2D eigenvalue weighted by molar-refractivity contribution is 0.0841. The van der Waals surface area contributed by atoms with Crippen LogP contribution in [0.5, 0.6) is 23.0 Å². The number of benzene rings is 2. The normalized spacial score (nSPS) is 15.8. The molecule has 0 aliphatic carbocycles. The molecule has 0 saturated carbocycles. The molecule has 0 saturated heterocycles. The number of phenolic OH excluding ortho intramolecular Hbond substituents is 2. The number of carbonyl (C=O) groups excluding carboxylic acids is 1. The Morgan fingerprint density at radius 3 is 2.54 bits per heavy atom. The van der Waals surface area contributed by atoms with Crippen molar-refractivity contribution in [1.29, 1.82) is 0 Å². The molecule has 1 heterocycles. The van der Waals surface area contributed by atoms with Crippen molar-refractivity contribution >= 4 is 5.78 Å². The monoisotopic (exact) mass is 354 g/mol. The second kappa shape index (κ2) is 7.12. The van der Waals surface area contributed by atoms with E-state index < -0.39 is 6.10 Å². The zero-order valence-electron chi connectivity index (χ0n) is 15.1. The molecule has 0 unspecified atom stereocenters. The van der Waals surface area contributed by atoms with Gasteiger partial charge in [-0.2, -0.15) is 0 Å². The highest BCUT2D eigenvalue weighted by molar-refractivity contribution is 6.04. The van der Waals surface area contributed by atoms with E-state index in [4.69, 9.17) is 9.47 Å². The van der Waals surface area contributed by atoms with Crippen LogP contribution < -0.4 is 9.47 Å². The summed E-state index contributed by atoms with van der Waals surface area (Å²) in [5.41, 5.74) is 2.44. The average Bonchev–Trinajstić information content (AvgIpc) is 2.62. The number of ketones is 1. The fraction of sp³-hybridized carbons (Fsp3) is 0.286. The topological polar surface area (TPSA) is 76.0 Å². The van der Waals surface area contributed by atoms with E-state index in [1.165, 1.54) is 7.11 Å². The van der Waals surface area contributed by atoms with Crippen molar-refractivity contribution in [2.45, 2.75) is 32.8 Å². The standard InChI is InChI=1S/C21H22O5/c1-12(2)9-10-14-18(23)21(25-3)19(24)17-15(22)11-16(26-20(14)17)13-7-5-4-6-8-13/h4-9,16,23-24H,10-11H2,1-3H3/t16-/m0/s1. The minimum Gasteiger partial charge on any atom is -0.504 e. The zero-order chi connectivity index (χ0) is 18.8. The molecule has 136 valence electrons. The van der Waals surface area contributed by atoms with Crippen molar-refractivity contribution in [3.05, 3.63) is 58.7 Å². The van der Waals surface area contributed by atoms with Gasteiger partial charge in [-0.3, -0.25) is 4.79 Å². The Kier molecular flexibility index (Phi) is 4.89. The predicted octanol–water partition coefficient (Wildman–Crippen LogP) is 4.32. The molecular weight excluding hydrogens is 332 g/mol. The average molecular weight is 354 g/mol. The molecule has 1 aliphatic rings. The number of aromatic hydroxyl groups is 2. The number of fused-ring (bicyclic) bond motifs is 1. The van der Waals surface area contributed by atoms with Gasteiger partial charge >= 0.3 is 0 Å². The van der Waals surface area contributed by atoms with E-state index in [1.54, 1.807) is 0 Å². The van der Waals surface area contributed by atoms with Crippen molar-refractivity contribution in [3.63, 3.8) is 0 Å². The Labute approximate surface area is 152 Å². The van der Waals surface area contributed by atoms with E-state index in [1.807, 2.05) is 50.3 Å². The van der Waals surface area contributed by atoms with Gasteiger partial charge in [0.1, 0.15) is 17.4 Å². The van der Waals surface area contributed by atoms with Gasteiger partial charge in [0.2, 0.25) is 5.75 Å². The van der Waals surface area contributed by atoms with Gasteiger partial charge < -0.3 is 19.7 Å². The molecule has 0 radical (unpaired) electrons. The highest BCUT2D eigenvalue weighted by atomic mass is 16.5. The summed E-state index contributed by atoms with van der Waals surface area (Å²) in [6.45, 7) is 3.89. The highest BCUT2D eigenvalue weighted by Crippen LogP contribution is 2.51.